The van der Waals surface area contributed by atoms with Gasteiger partial charge in [-0.1, -0.05) is 29.3 Å². The van der Waals surface area contributed by atoms with E-state index in [1.807, 2.05) is 32.0 Å². The Morgan fingerprint density at radius 2 is 1.64 bits per heavy atom. The Hall–Kier alpha value is -0.960. The fourth-order valence-corrected chi connectivity index (χ4v) is 1.55. The lowest BCUT2D eigenvalue weighted by Crippen LogP contribution is -2.30. The summed E-state index contributed by atoms with van der Waals surface area (Å²) in [5.74, 6) is 0. The van der Waals surface area contributed by atoms with Crippen molar-refractivity contribution in [2.45, 2.75) is 32.7 Å². The number of rotatable bonds is 3. The molecule has 0 aromatic heterocycles. The summed E-state index contributed by atoms with van der Waals surface area (Å²) in [4.78, 5) is 0. The van der Waals surface area contributed by atoms with Gasteiger partial charge < -0.3 is 5.73 Å². The van der Waals surface area contributed by atoms with Gasteiger partial charge in [-0.25, -0.2) is 8.78 Å². The highest BCUT2D eigenvalue weighted by Crippen LogP contribution is 2.12. The topological polar surface area (TPSA) is 26.0 Å². The minimum Gasteiger partial charge on any atom is -0.323 e. The predicted octanol–water partition coefficient (Wildman–Crippen LogP) is 2.44. The number of halogens is 2. The van der Waals surface area contributed by atoms with Crippen molar-refractivity contribution in [2.75, 3.05) is 0 Å². The summed E-state index contributed by atoms with van der Waals surface area (Å²) in [6, 6.07) is 4.75. The Bertz CT molecular complexity index is 290. The van der Waals surface area contributed by atoms with Crippen molar-refractivity contribution in [3.63, 3.8) is 0 Å². The van der Waals surface area contributed by atoms with Crippen LogP contribution in [0.1, 0.15) is 16.7 Å². The molecule has 1 rings (SSSR count). The summed E-state index contributed by atoms with van der Waals surface area (Å²) >= 11 is 0. The molecule has 1 unspecified atom stereocenters. The van der Waals surface area contributed by atoms with E-state index in [1.54, 1.807) is 0 Å². The zero-order valence-electron chi connectivity index (χ0n) is 8.43. The Balaban J connectivity index is 2.76. The molecule has 1 atom stereocenters. The van der Waals surface area contributed by atoms with Crippen molar-refractivity contribution in [3.05, 3.63) is 34.9 Å². The molecule has 0 aliphatic carbocycles. The van der Waals surface area contributed by atoms with Crippen molar-refractivity contribution in [2.24, 2.45) is 5.73 Å². The highest BCUT2D eigenvalue weighted by atomic mass is 19.3. The SMILES string of the molecule is Cc1cc(C)cc(CC(N)C(F)F)c1. The molecule has 14 heavy (non-hydrogen) atoms. The fourth-order valence-electron chi connectivity index (χ4n) is 1.55. The highest BCUT2D eigenvalue weighted by molar-refractivity contribution is 5.29. The summed E-state index contributed by atoms with van der Waals surface area (Å²) < 4.78 is 24.4. The van der Waals surface area contributed by atoms with E-state index < -0.39 is 12.5 Å². The monoisotopic (exact) mass is 199 g/mol. The first-order chi connectivity index (χ1) is 6.49. The molecule has 3 heteroatoms. The molecule has 0 aliphatic heterocycles. The molecule has 78 valence electrons. The molecular weight excluding hydrogens is 184 g/mol. The molecule has 0 bridgehead atoms. The third kappa shape index (κ3) is 3.07. The molecule has 0 heterocycles. The number of hydrogen-bond donors (Lipinski definition) is 1. The lowest BCUT2D eigenvalue weighted by molar-refractivity contribution is 0.116. The van der Waals surface area contributed by atoms with Crippen LogP contribution in [-0.4, -0.2) is 12.5 Å². The standard InChI is InChI=1S/C11H15F2N/c1-7-3-8(2)5-9(4-7)6-10(14)11(12)13/h3-5,10-11H,6,14H2,1-2H3. The van der Waals surface area contributed by atoms with E-state index in [9.17, 15) is 8.78 Å². The van der Waals surface area contributed by atoms with Gasteiger partial charge in [-0.15, -0.1) is 0 Å². The number of nitrogens with two attached hydrogens (primary N) is 1. The first kappa shape index (κ1) is 11.1. The van der Waals surface area contributed by atoms with E-state index in [1.165, 1.54) is 0 Å². The normalized spacial score (nSPS) is 13.3. The van der Waals surface area contributed by atoms with Gasteiger partial charge in [0, 0.05) is 0 Å². The second-order valence-corrected chi connectivity index (χ2v) is 3.70. The van der Waals surface area contributed by atoms with Gasteiger partial charge in [0.1, 0.15) is 0 Å². The number of aryl methyl sites for hydroxylation is 2. The van der Waals surface area contributed by atoms with Crippen molar-refractivity contribution >= 4 is 0 Å². The van der Waals surface area contributed by atoms with Crippen LogP contribution in [0, 0.1) is 13.8 Å². The van der Waals surface area contributed by atoms with Crippen LogP contribution < -0.4 is 5.73 Å². The summed E-state index contributed by atoms with van der Waals surface area (Å²) in [7, 11) is 0. The van der Waals surface area contributed by atoms with E-state index in [0.717, 1.165) is 16.7 Å². The smallest absolute Gasteiger partial charge is 0.253 e. The molecule has 1 nitrogen and oxygen atoms in total. The molecule has 0 fully saturated rings. The largest absolute Gasteiger partial charge is 0.323 e. The Kier molecular flexibility index (Phi) is 3.58. The summed E-state index contributed by atoms with van der Waals surface area (Å²) in [5, 5.41) is 0. The van der Waals surface area contributed by atoms with Crippen LogP contribution in [0.5, 0.6) is 0 Å². The average molecular weight is 199 g/mol. The van der Waals surface area contributed by atoms with Gasteiger partial charge in [0.05, 0.1) is 6.04 Å². The molecule has 0 saturated heterocycles. The molecule has 0 aliphatic rings. The first-order valence-corrected chi connectivity index (χ1v) is 4.60. The van der Waals surface area contributed by atoms with Crippen LogP contribution in [-0.2, 0) is 6.42 Å². The van der Waals surface area contributed by atoms with E-state index >= 15 is 0 Å². The van der Waals surface area contributed by atoms with Crippen LogP contribution in [0.25, 0.3) is 0 Å². The molecule has 0 amide bonds. The maximum absolute atomic E-state index is 12.2. The van der Waals surface area contributed by atoms with Crippen LogP contribution in [0.2, 0.25) is 0 Å². The fraction of sp³-hybridized carbons (Fsp3) is 0.455. The molecule has 1 aromatic rings. The summed E-state index contributed by atoms with van der Waals surface area (Å²) in [6.45, 7) is 3.90. The van der Waals surface area contributed by atoms with Crippen LogP contribution in [0.15, 0.2) is 18.2 Å². The third-order valence-electron chi connectivity index (χ3n) is 2.08. The molecule has 0 radical (unpaired) electrons. The molecule has 0 saturated carbocycles. The van der Waals surface area contributed by atoms with Crippen molar-refractivity contribution in [3.8, 4) is 0 Å². The third-order valence-corrected chi connectivity index (χ3v) is 2.08. The van der Waals surface area contributed by atoms with Crippen molar-refractivity contribution < 1.29 is 8.78 Å². The quantitative estimate of drug-likeness (QED) is 0.795. The zero-order valence-corrected chi connectivity index (χ0v) is 8.43. The second kappa shape index (κ2) is 4.51. The minimum atomic E-state index is -2.45. The first-order valence-electron chi connectivity index (χ1n) is 4.60. The van der Waals surface area contributed by atoms with E-state index in [-0.39, 0.29) is 6.42 Å². The lowest BCUT2D eigenvalue weighted by atomic mass is 10.0. The summed E-state index contributed by atoms with van der Waals surface area (Å²) in [5.41, 5.74) is 8.35. The van der Waals surface area contributed by atoms with E-state index in [4.69, 9.17) is 5.73 Å². The van der Waals surface area contributed by atoms with E-state index in [2.05, 4.69) is 0 Å². The number of alkyl halides is 2. The number of benzene rings is 1. The van der Waals surface area contributed by atoms with Crippen LogP contribution in [0.3, 0.4) is 0 Å². The van der Waals surface area contributed by atoms with Gasteiger partial charge in [-0.3, -0.25) is 0 Å². The molecular formula is C11H15F2N. The predicted molar refractivity (Wildman–Crippen MR) is 53.6 cm³/mol. The summed E-state index contributed by atoms with van der Waals surface area (Å²) in [6.07, 6.45) is -2.21. The van der Waals surface area contributed by atoms with Gasteiger partial charge in [0.15, 0.2) is 0 Å². The van der Waals surface area contributed by atoms with Gasteiger partial charge in [0.25, 0.3) is 6.43 Å². The zero-order chi connectivity index (χ0) is 10.7. The maximum Gasteiger partial charge on any atom is 0.253 e. The van der Waals surface area contributed by atoms with Gasteiger partial charge in [-0.05, 0) is 25.8 Å². The molecule has 0 spiro atoms. The van der Waals surface area contributed by atoms with Crippen LogP contribution in [0.4, 0.5) is 8.78 Å². The maximum atomic E-state index is 12.2. The highest BCUT2D eigenvalue weighted by Gasteiger charge is 2.15. The van der Waals surface area contributed by atoms with Gasteiger partial charge in [-0.2, -0.15) is 0 Å². The number of hydrogen-bond acceptors (Lipinski definition) is 1. The van der Waals surface area contributed by atoms with E-state index in [0.29, 0.717) is 0 Å². The van der Waals surface area contributed by atoms with Crippen molar-refractivity contribution in [1.29, 1.82) is 0 Å². The Labute approximate surface area is 82.9 Å². The van der Waals surface area contributed by atoms with Crippen LogP contribution >= 0.6 is 0 Å². The van der Waals surface area contributed by atoms with Gasteiger partial charge >= 0.3 is 0 Å². The molecule has 1 aromatic carbocycles. The average Bonchev–Trinajstić information content (AvgIpc) is 2.01. The Morgan fingerprint density at radius 3 is 2.07 bits per heavy atom. The van der Waals surface area contributed by atoms with Gasteiger partial charge in [0.2, 0.25) is 0 Å². The van der Waals surface area contributed by atoms with Crippen molar-refractivity contribution in [1.82, 2.24) is 0 Å². The minimum absolute atomic E-state index is 0.236. The Morgan fingerprint density at radius 1 is 1.14 bits per heavy atom. The molecule has 2 N–H and O–H groups in total. The second-order valence-electron chi connectivity index (χ2n) is 3.70. The lowest BCUT2D eigenvalue weighted by Gasteiger charge is -2.11.